The molecule has 0 aliphatic carbocycles. The van der Waals surface area contributed by atoms with Crippen molar-refractivity contribution in [3.8, 4) is 0 Å². The van der Waals surface area contributed by atoms with Crippen LogP contribution >= 0.6 is 0 Å². The molecule has 0 aliphatic heterocycles. The number of carboxylic acids is 1. The van der Waals surface area contributed by atoms with Crippen molar-refractivity contribution in [2.75, 3.05) is 0 Å². The predicted octanol–water partition coefficient (Wildman–Crippen LogP) is 0.299. The van der Waals surface area contributed by atoms with Crippen LogP contribution in [0.2, 0.25) is 0 Å². The predicted molar refractivity (Wildman–Crippen MR) is 54.1 cm³/mol. The zero-order valence-corrected chi connectivity index (χ0v) is 8.95. The van der Waals surface area contributed by atoms with E-state index in [4.69, 9.17) is 10.8 Å². The Balaban J connectivity index is 2.96. The Morgan fingerprint density at radius 3 is 2.62 bits per heavy atom. The minimum absolute atomic E-state index is 0.0569. The molecule has 0 unspecified atom stereocenters. The molecule has 16 heavy (non-hydrogen) atoms. The summed E-state index contributed by atoms with van der Waals surface area (Å²) in [4.78, 5) is 9.97. The zero-order valence-electron chi connectivity index (χ0n) is 8.13. The summed E-state index contributed by atoms with van der Waals surface area (Å²) in [6.07, 6.45) is -0.0569. The molecule has 0 spiro atoms. The second kappa shape index (κ2) is 4.58. The molecule has 3 N–H and O–H groups in total. The fourth-order valence-corrected chi connectivity index (χ4v) is 1.70. The third-order valence-corrected chi connectivity index (χ3v) is 2.77. The maximum Gasteiger partial charge on any atom is 0.332 e. The smallest absolute Gasteiger partial charge is 0.332 e. The Morgan fingerprint density at radius 1 is 1.50 bits per heavy atom. The second-order valence-corrected chi connectivity index (χ2v) is 4.58. The van der Waals surface area contributed by atoms with Crippen LogP contribution < -0.4 is 5.73 Å². The van der Waals surface area contributed by atoms with Gasteiger partial charge >= 0.3 is 16.2 Å². The highest BCUT2D eigenvalue weighted by molar-refractivity contribution is 7.86. The Kier molecular flexibility index (Phi) is 3.61. The first-order valence-corrected chi connectivity index (χ1v) is 5.71. The molecule has 1 aromatic carbocycles. The van der Waals surface area contributed by atoms with Crippen LogP contribution in [0.15, 0.2) is 29.2 Å². The molecule has 0 radical (unpaired) electrons. The van der Waals surface area contributed by atoms with E-state index in [2.05, 4.69) is 0 Å². The Hall–Kier alpha value is -1.47. The lowest BCUT2D eigenvalue weighted by molar-refractivity contribution is -0.138. The third kappa shape index (κ3) is 3.28. The average Bonchev–Trinajstić information content (AvgIpc) is 2.16. The molecule has 0 aliphatic rings. The van der Waals surface area contributed by atoms with E-state index in [-0.39, 0.29) is 6.42 Å². The minimum Gasteiger partial charge on any atom is -0.480 e. The zero-order chi connectivity index (χ0) is 12.3. The number of hydrogen-bond acceptors (Lipinski definition) is 4. The monoisotopic (exact) mass is 247 g/mol. The maximum absolute atomic E-state index is 12.6. The number of aliphatic carboxylic acids is 1. The minimum atomic E-state index is -4.77. The van der Waals surface area contributed by atoms with E-state index in [1.165, 1.54) is 12.1 Å². The van der Waals surface area contributed by atoms with Gasteiger partial charge < -0.3 is 10.8 Å². The molecule has 7 heteroatoms. The first-order valence-electron chi connectivity index (χ1n) is 4.32. The van der Waals surface area contributed by atoms with Gasteiger partial charge in [-0.25, -0.2) is 0 Å². The van der Waals surface area contributed by atoms with Gasteiger partial charge in [0, 0.05) is 0 Å². The van der Waals surface area contributed by atoms with E-state index >= 15 is 0 Å². The second-order valence-electron chi connectivity index (χ2n) is 3.23. The molecule has 1 atom stereocenters. The van der Waals surface area contributed by atoms with Crippen LogP contribution in [-0.4, -0.2) is 25.5 Å². The van der Waals surface area contributed by atoms with Gasteiger partial charge in [0.05, 0.1) is 4.90 Å². The van der Waals surface area contributed by atoms with Crippen LogP contribution in [0.1, 0.15) is 5.56 Å². The van der Waals surface area contributed by atoms with E-state index in [0.29, 0.717) is 5.56 Å². The average molecular weight is 247 g/mol. The van der Waals surface area contributed by atoms with Gasteiger partial charge in [0.25, 0.3) is 0 Å². The quantitative estimate of drug-likeness (QED) is 0.746. The molecule has 0 saturated heterocycles. The largest absolute Gasteiger partial charge is 0.480 e. The van der Waals surface area contributed by atoms with Crippen molar-refractivity contribution in [2.24, 2.45) is 5.73 Å². The summed E-state index contributed by atoms with van der Waals surface area (Å²) < 4.78 is 33.8. The lowest BCUT2D eigenvalue weighted by Gasteiger charge is -2.06. The van der Waals surface area contributed by atoms with Gasteiger partial charge in [-0.15, -0.1) is 3.89 Å². The van der Waals surface area contributed by atoms with Gasteiger partial charge in [-0.3, -0.25) is 4.79 Å². The van der Waals surface area contributed by atoms with Crippen LogP contribution in [0.3, 0.4) is 0 Å². The van der Waals surface area contributed by atoms with Gasteiger partial charge in [-0.2, -0.15) is 8.42 Å². The summed E-state index contributed by atoms with van der Waals surface area (Å²) >= 11 is 0. The first kappa shape index (κ1) is 12.6. The highest BCUT2D eigenvalue weighted by Crippen LogP contribution is 2.14. The summed E-state index contributed by atoms with van der Waals surface area (Å²) in [5.74, 6) is -1.20. The summed E-state index contributed by atoms with van der Waals surface area (Å²) in [6, 6.07) is 3.83. The van der Waals surface area contributed by atoms with Crippen LogP contribution in [0.4, 0.5) is 3.89 Å². The standard InChI is InChI=1S/C9H10FNO4S/c10-16(14,15)7-3-1-2-6(4-7)5-8(11)9(12)13/h1-4,8H,5,11H2,(H,12,13)/t8-/m0/s1. The third-order valence-electron chi connectivity index (χ3n) is 1.95. The van der Waals surface area contributed by atoms with Gasteiger partial charge in [-0.1, -0.05) is 12.1 Å². The summed E-state index contributed by atoms with van der Waals surface area (Å²) in [5, 5.41) is 8.56. The number of hydrogen-bond donors (Lipinski definition) is 2. The van der Waals surface area contributed by atoms with Crippen LogP contribution in [0.5, 0.6) is 0 Å². The van der Waals surface area contributed by atoms with Crippen molar-refractivity contribution < 1.29 is 22.2 Å². The van der Waals surface area contributed by atoms with Crippen molar-refractivity contribution >= 4 is 16.2 Å². The molecule has 0 heterocycles. The Morgan fingerprint density at radius 2 is 2.12 bits per heavy atom. The lowest BCUT2D eigenvalue weighted by Crippen LogP contribution is -2.32. The van der Waals surface area contributed by atoms with Crippen LogP contribution in [0, 0.1) is 0 Å². The molecule has 88 valence electrons. The van der Waals surface area contributed by atoms with E-state index in [1.807, 2.05) is 0 Å². The molecular formula is C9H10FNO4S. The summed E-state index contributed by atoms with van der Waals surface area (Å²) in [7, 11) is -4.77. The van der Waals surface area contributed by atoms with Gasteiger partial charge in [-0.05, 0) is 24.1 Å². The number of carbonyl (C=O) groups is 1. The lowest BCUT2D eigenvalue weighted by atomic mass is 10.1. The molecule has 0 fully saturated rings. The van der Waals surface area contributed by atoms with Crippen molar-refractivity contribution in [1.82, 2.24) is 0 Å². The Labute approximate surface area is 91.9 Å². The Bertz CT molecular complexity index is 500. The van der Waals surface area contributed by atoms with E-state index in [0.717, 1.165) is 12.1 Å². The van der Waals surface area contributed by atoms with Crippen molar-refractivity contribution in [3.05, 3.63) is 29.8 Å². The van der Waals surface area contributed by atoms with Gasteiger partial charge in [0.1, 0.15) is 6.04 Å². The van der Waals surface area contributed by atoms with Crippen molar-refractivity contribution in [2.45, 2.75) is 17.4 Å². The number of halogens is 1. The fraction of sp³-hybridized carbons (Fsp3) is 0.222. The van der Waals surface area contributed by atoms with E-state index in [9.17, 15) is 17.1 Å². The van der Waals surface area contributed by atoms with Crippen molar-refractivity contribution in [1.29, 1.82) is 0 Å². The number of carboxylic acid groups (broad SMARTS) is 1. The maximum atomic E-state index is 12.6. The topological polar surface area (TPSA) is 97.5 Å². The van der Waals surface area contributed by atoms with E-state index in [1.54, 1.807) is 0 Å². The first-order chi connectivity index (χ1) is 7.30. The fourth-order valence-electron chi connectivity index (χ4n) is 1.17. The molecule has 1 rings (SSSR count). The van der Waals surface area contributed by atoms with Gasteiger partial charge in [0.2, 0.25) is 0 Å². The summed E-state index contributed by atoms with van der Waals surface area (Å²) in [6.45, 7) is 0. The van der Waals surface area contributed by atoms with Crippen LogP contribution in [0.25, 0.3) is 0 Å². The van der Waals surface area contributed by atoms with Crippen LogP contribution in [-0.2, 0) is 21.4 Å². The molecule has 1 aromatic rings. The molecule has 0 bridgehead atoms. The number of rotatable bonds is 4. The molecular weight excluding hydrogens is 237 g/mol. The molecule has 5 nitrogen and oxygen atoms in total. The molecule has 0 saturated carbocycles. The molecule has 0 amide bonds. The number of benzene rings is 1. The molecule has 0 aromatic heterocycles. The highest BCUT2D eigenvalue weighted by atomic mass is 32.3. The highest BCUT2D eigenvalue weighted by Gasteiger charge is 2.15. The normalized spacial score (nSPS) is 13.4. The SMILES string of the molecule is N[C@@H](Cc1cccc(S(=O)(=O)F)c1)C(=O)O. The van der Waals surface area contributed by atoms with Gasteiger partial charge in [0.15, 0.2) is 0 Å². The van der Waals surface area contributed by atoms with E-state index < -0.39 is 27.1 Å². The van der Waals surface area contributed by atoms with Crippen molar-refractivity contribution in [3.63, 3.8) is 0 Å². The number of nitrogens with two attached hydrogens (primary N) is 1. The summed E-state index contributed by atoms with van der Waals surface area (Å²) in [5.41, 5.74) is 5.62.